The van der Waals surface area contributed by atoms with Gasteiger partial charge in [0.2, 0.25) is 0 Å². The summed E-state index contributed by atoms with van der Waals surface area (Å²) in [6, 6.07) is 4.13. The number of pyridine rings is 1. The van der Waals surface area contributed by atoms with Crippen molar-refractivity contribution in [2.24, 2.45) is 0 Å². The first kappa shape index (κ1) is 12.7. The van der Waals surface area contributed by atoms with Gasteiger partial charge < -0.3 is 9.80 Å². The molecule has 4 heteroatoms. The molecular formula is C13H20ClN3. The average molecular weight is 254 g/mol. The predicted octanol–water partition coefficient (Wildman–Crippen LogP) is 2.61. The van der Waals surface area contributed by atoms with Crippen LogP contribution in [-0.4, -0.2) is 43.1 Å². The quantitative estimate of drug-likeness (QED) is 0.756. The molecule has 1 aromatic heterocycles. The van der Waals surface area contributed by atoms with Crippen LogP contribution in [0, 0.1) is 0 Å². The minimum atomic E-state index is 0.488. The van der Waals surface area contributed by atoms with Crippen molar-refractivity contribution in [3.8, 4) is 0 Å². The molecule has 0 radical (unpaired) electrons. The lowest BCUT2D eigenvalue weighted by Crippen LogP contribution is -2.44. The maximum absolute atomic E-state index is 6.09. The minimum Gasteiger partial charge on any atom is -0.354 e. The number of hydrogen-bond acceptors (Lipinski definition) is 3. The van der Waals surface area contributed by atoms with Gasteiger partial charge in [-0.15, -0.1) is 0 Å². The number of likely N-dealkylation sites (N-methyl/N-ethyl adjacent to an activating group) is 1. The SMILES string of the molecule is CC(C)c1cc(Cl)nc(N2CCN(C)CC2)c1. The zero-order valence-corrected chi connectivity index (χ0v) is 11.5. The van der Waals surface area contributed by atoms with Crippen LogP contribution < -0.4 is 4.90 Å². The monoisotopic (exact) mass is 253 g/mol. The Hall–Kier alpha value is -0.800. The van der Waals surface area contributed by atoms with Crippen molar-refractivity contribution in [3.63, 3.8) is 0 Å². The standard InChI is InChI=1S/C13H20ClN3/c1-10(2)11-8-12(14)15-13(9-11)17-6-4-16(3)5-7-17/h8-10H,4-7H2,1-3H3. The lowest BCUT2D eigenvalue weighted by atomic mass is 10.0. The van der Waals surface area contributed by atoms with E-state index in [2.05, 4.69) is 41.7 Å². The number of hydrogen-bond donors (Lipinski definition) is 0. The second kappa shape index (κ2) is 5.23. The lowest BCUT2D eigenvalue weighted by molar-refractivity contribution is 0.312. The minimum absolute atomic E-state index is 0.488. The molecule has 0 aromatic carbocycles. The lowest BCUT2D eigenvalue weighted by Gasteiger charge is -2.33. The Morgan fingerprint density at radius 2 is 1.82 bits per heavy atom. The molecule has 3 nitrogen and oxygen atoms in total. The van der Waals surface area contributed by atoms with Gasteiger partial charge in [0.25, 0.3) is 0 Å². The van der Waals surface area contributed by atoms with Crippen molar-refractivity contribution < 1.29 is 0 Å². The first-order valence-corrected chi connectivity index (χ1v) is 6.55. The molecular weight excluding hydrogens is 234 g/mol. The van der Waals surface area contributed by atoms with Crippen LogP contribution in [-0.2, 0) is 0 Å². The van der Waals surface area contributed by atoms with Crippen LogP contribution in [0.5, 0.6) is 0 Å². The summed E-state index contributed by atoms with van der Waals surface area (Å²) in [4.78, 5) is 9.09. The Bertz CT molecular complexity index is 384. The van der Waals surface area contributed by atoms with Gasteiger partial charge >= 0.3 is 0 Å². The van der Waals surface area contributed by atoms with Crippen LogP contribution in [0.2, 0.25) is 5.15 Å². The van der Waals surface area contributed by atoms with E-state index in [9.17, 15) is 0 Å². The highest BCUT2D eigenvalue weighted by Crippen LogP contribution is 2.24. The Morgan fingerprint density at radius 3 is 2.41 bits per heavy atom. The normalized spacial score (nSPS) is 17.8. The summed E-state index contributed by atoms with van der Waals surface area (Å²) in [6.07, 6.45) is 0. The fourth-order valence-corrected chi connectivity index (χ4v) is 2.25. The molecule has 0 spiro atoms. The maximum Gasteiger partial charge on any atom is 0.131 e. The Kier molecular flexibility index (Phi) is 3.89. The van der Waals surface area contributed by atoms with Crippen molar-refractivity contribution in [3.05, 3.63) is 22.8 Å². The van der Waals surface area contributed by atoms with Crippen LogP contribution in [0.4, 0.5) is 5.82 Å². The number of nitrogens with zero attached hydrogens (tertiary/aromatic N) is 3. The Balaban J connectivity index is 2.20. The summed E-state index contributed by atoms with van der Waals surface area (Å²) >= 11 is 6.09. The molecule has 2 rings (SSSR count). The fourth-order valence-electron chi connectivity index (χ4n) is 2.03. The first-order valence-electron chi connectivity index (χ1n) is 6.17. The van der Waals surface area contributed by atoms with Crippen LogP contribution in [0.25, 0.3) is 0 Å². The predicted molar refractivity (Wildman–Crippen MR) is 73.0 cm³/mol. The van der Waals surface area contributed by atoms with Gasteiger partial charge in [0.1, 0.15) is 11.0 Å². The third-order valence-corrected chi connectivity index (χ3v) is 3.49. The van der Waals surface area contributed by atoms with Gasteiger partial charge in [-0.3, -0.25) is 0 Å². The molecule has 0 N–H and O–H groups in total. The van der Waals surface area contributed by atoms with Crippen LogP contribution in [0.3, 0.4) is 0 Å². The largest absolute Gasteiger partial charge is 0.354 e. The molecule has 2 heterocycles. The van der Waals surface area contributed by atoms with Crippen LogP contribution in [0.15, 0.2) is 12.1 Å². The molecule has 0 saturated carbocycles. The van der Waals surface area contributed by atoms with E-state index in [4.69, 9.17) is 11.6 Å². The molecule has 94 valence electrons. The molecule has 0 bridgehead atoms. The molecule has 1 aromatic rings. The van der Waals surface area contributed by atoms with Crippen molar-refractivity contribution >= 4 is 17.4 Å². The van der Waals surface area contributed by atoms with E-state index in [1.807, 2.05) is 6.07 Å². The summed E-state index contributed by atoms with van der Waals surface area (Å²) in [7, 11) is 2.16. The van der Waals surface area contributed by atoms with Gasteiger partial charge in [0.15, 0.2) is 0 Å². The molecule has 1 aliphatic heterocycles. The zero-order chi connectivity index (χ0) is 12.4. The molecule has 1 aliphatic rings. The second-order valence-corrected chi connectivity index (χ2v) is 5.41. The van der Waals surface area contributed by atoms with E-state index in [0.29, 0.717) is 11.1 Å². The summed E-state index contributed by atoms with van der Waals surface area (Å²) < 4.78 is 0. The van der Waals surface area contributed by atoms with Gasteiger partial charge in [-0.2, -0.15) is 0 Å². The van der Waals surface area contributed by atoms with Crippen molar-refractivity contribution in [2.75, 3.05) is 38.1 Å². The van der Waals surface area contributed by atoms with E-state index in [0.717, 1.165) is 32.0 Å². The summed E-state index contributed by atoms with van der Waals surface area (Å²) in [6.45, 7) is 8.60. The summed E-state index contributed by atoms with van der Waals surface area (Å²) in [5, 5.41) is 0.602. The van der Waals surface area contributed by atoms with Crippen molar-refractivity contribution in [1.82, 2.24) is 9.88 Å². The number of rotatable bonds is 2. The third-order valence-electron chi connectivity index (χ3n) is 3.30. The number of anilines is 1. The number of piperazine rings is 1. The Labute approximate surface area is 108 Å². The molecule has 0 aliphatic carbocycles. The average Bonchev–Trinajstić information content (AvgIpc) is 2.29. The molecule has 0 unspecified atom stereocenters. The number of halogens is 1. The zero-order valence-electron chi connectivity index (χ0n) is 10.8. The molecule has 1 fully saturated rings. The molecule has 0 amide bonds. The number of aromatic nitrogens is 1. The van der Waals surface area contributed by atoms with E-state index in [-0.39, 0.29) is 0 Å². The van der Waals surface area contributed by atoms with Crippen molar-refractivity contribution in [1.29, 1.82) is 0 Å². The fraction of sp³-hybridized carbons (Fsp3) is 0.615. The van der Waals surface area contributed by atoms with Crippen molar-refractivity contribution in [2.45, 2.75) is 19.8 Å². The Morgan fingerprint density at radius 1 is 1.18 bits per heavy atom. The van der Waals surface area contributed by atoms with Gasteiger partial charge in [-0.25, -0.2) is 4.98 Å². The second-order valence-electron chi connectivity index (χ2n) is 5.03. The van der Waals surface area contributed by atoms with Crippen LogP contribution >= 0.6 is 11.6 Å². The van der Waals surface area contributed by atoms with E-state index >= 15 is 0 Å². The van der Waals surface area contributed by atoms with Gasteiger partial charge in [-0.05, 0) is 30.7 Å². The van der Waals surface area contributed by atoms with E-state index < -0.39 is 0 Å². The van der Waals surface area contributed by atoms with E-state index in [1.165, 1.54) is 5.56 Å². The highest BCUT2D eigenvalue weighted by molar-refractivity contribution is 6.29. The van der Waals surface area contributed by atoms with Crippen LogP contribution in [0.1, 0.15) is 25.3 Å². The van der Waals surface area contributed by atoms with Gasteiger partial charge in [0.05, 0.1) is 0 Å². The smallest absolute Gasteiger partial charge is 0.131 e. The highest BCUT2D eigenvalue weighted by atomic mass is 35.5. The van der Waals surface area contributed by atoms with Gasteiger partial charge in [-0.1, -0.05) is 25.4 Å². The highest BCUT2D eigenvalue weighted by Gasteiger charge is 2.16. The molecule has 17 heavy (non-hydrogen) atoms. The van der Waals surface area contributed by atoms with E-state index in [1.54, 1.807) is 0 Å². The van der Waals surface area contributed by atoms with Gasteiger partial charge in [0, 0.05) is 26.2 Å². The topological polar surface area (TPSA) is 19.4 Å². The summed E-state index contributed by atoms with van der Waals surface area (Å²) in [5.74, 6) is 1.51. The maximum atomic E-state index is 6.09. The first-order chi connectivity index (χ1) is 8.06. The molecule has 1 saturated heterocycles. The molecule has 0 atom stereocenters. The third kappa shape index (κ3) is 3.11. The summed E-state index contributed by atoms with van der Waals surface area (Å²) in [5.41, 5.74) is 1.26.